The highest BCUT2D eigenvalue weighted by atomic mass is 79.9. The standard InChI is InChI=1S/C11H18BrNO2S2/c1-3-5-9(12)8-13-17(14,15)11-7-6-10(4-2)16-11/h6-7,9,13H,3-5,8H2,1-2H3. The van der Waals surface area contributed by atoms with Crippen LogP contribution in [-0.4, -0.2) is 19.8 Å². The highest BCUT2D eigenvalue weighted by molar-refractivity contribution is 9.09. The van der Waals surface area contributed by atoms with Crippen molar-refractivity contribution in [1.29, 1.82) is 0 Å². The molecule has 0 fully saturated rings. The molecule has 3 nitrogen and oxygen atoms in total. The number of rotatable bonds is 7. The van der Waals surface area contributed by atoms with Crippen molar-refractivity contribution in [2.24, 2.45) is 0 Å². The van der Waals surface area contributed by atoms with Crippen molar-refractivity contribution in [1.82, 2.24) is 4.72 Å². The van der Waals surface area contributed by atoms with Crippen molar-refractivity contribution in [3.05, 3.63) is 17.0 Å². The Morgan fingerprint density at radius 1 is 1.41 bits per heavy atom. The summed E-state index contributed by atoms with van der Waals surface area (Å²) >= 11 is 4.80. The number of nitrogens with one attached hydrogen (secondary N) is 1. The van der Waals surface area contributed by atoms with Crippen LogP contribution in [0.2, 0.25) is 0 Å². The summed E-state index contributed by atoms with van der Waals surface area (Å²) in [5.74, 6) is 0. The smallest absolute Gasteiger partial charge is 0.209 e. The zero-order valence-corrected chi connectivity index (χ0v) is 13.3. The minimum atomic E-state index is -3.32. The fraction of sp³-hybridized carbons (Fsp3) is 0.636. The van der Waals surface area contributed by atoms with Gasteiger partial charge in [-0.2, -0.15) is 0 Å². The van der Waals surface area contributed by atoms with Gasteiger partial charge in [-0.05, 0) is 25.0 Å². The summed E-state index contributed by atoms with van der Waals surface area (Å²) < 4.78 is 26.9. The molecule has 0 radical (unpaired) electrons. The summed E-state index contributed by atoms with van der Waals surface area (Å²) in [6, 6.07) is 3.55. The average molecular weight is 340 g/mol. The minimum absolute atomic E-state index is 0.202. The van der Waals surface area contributed by atoms with Crippen LogP contribution in [0.4, 0.5) is 0 Å². The molecule has 0 spiro atoms. The molecule has 17 heavy (non-hydrogen) atoms. The summed E-state index contributed by atoms with van der Waals surface area (Å²) in [4.78, 5) is 1.29. The maximum absolute atomic E-state index is 11.9. The van der Waals surface area contributed by atoms with Gasteiger partial charge in [-0.1, -0.05) is 36.2 Å². The van der Waals surface area contributed by atoms with Gasteiger partial charge in [0, 0.05) is 16.2 Å². The molecule has 0 aliphatic heterocycles. The lowest BCUT2D eigenvalue weighted by Gasteiger charge is -2.09. The third-order valence-electron chi connectivity index (χ3n) is 2.35. The van der Waals surface area contributed by atoms with Crippen molar-refractivity contribution in [2.75, 3.05) is 6.54 Å². The molecule has 0 aromatic carbocycles. The topological polar surface area (TPSA) is 46.2 Å². The van der Waals surface area contributed by atoms with E-state index in [-0.39, 0.29) is 4.83 Å². The molecule has 98 valence electrons. The van der Waals surface area contributed by atoms with E-state index in [4.69, 9.17) is 0 Å². The van der Waals surface area contributed by atoms with E-state index in [0.29, 0.717) is 10.8 Å². The first-order chi connectivity index (χ1) is 7.99. The average Bonchev–Trinajstić information content (AvgIpc) is 2.76. The van der Waals surface area contributed by atoms with Crippen LogP contribution in [0.25, 0.3) is 0 Å². The first-order valence-corrected chi connectivity index (χ1v) is 8.93. The molecule has 1 unspecified atom stereocenters. The van der Waals surface area contributed by atoms with Gasteiger partial charge in [0.15, 0.2) is 0 Å². The van der Waals surface area contributed by atoms with E-state index in [0.717, 1.165) is 24.1 Å². The molecule has 1 aromatic heterocycles. The van der Waals surface area contributed by atoms with Gasteiger partial charge in [-0.25, -0.2) is 13.1 Å². The zero-order valence-electron chi connectivity index (χ0n) is 10.1. The molecular weight excluding hydrogens is 322 g/mol. The molecule has 0 saturated carbocycles. The van der Waals surface area contributed by atoms with Crippen LogP contribution < -0.4 is 4.72 Å². The molecule has 0 aliphatic carbocycles. The molecule has 1 heterocycles. The Hall–Kier alpha value is 0.0900. The van der Waals surface area contributed by atoms with E-state index >= 15 is 0 Å². The SMILES string of the molecule is CCCC(Br)CNS(=O)(=O)c1ccc(CC)s1. The van der Waals surface area contributed by atoms with Gasteiger partial charge in [0.05, 0.1) is 0 Å². The minimum Gasteiger partial charge on any atom is -0.209 e. The number of sulfonamides is 1. The van der Waals surface area contributed by atoms with Crippen LogP contribution in [-0.2, 0) is 16.4 Å². The molecule has 1 aromatic rings. The summed E-state index contributed by atoms with van der Waals surface area (Å²) in [6.45, 7) is 4.54. The first kappa shape index (κ1) is 15.1. The second-order valence-electron chi connectivity index (χ2n) is 3.81. The number of thiophene rings is 1. The highest BCUT2D eigenvalue weighted by Gasteiger charge is 2.17. The second-order valence-corrected chi connectivity index (χ2v) is 8.27. The van der Waals surface area contributed by atoms with Crippen molar-refractivity contribution in [2.45, 2.75) is 42.1 Å². The fourth-order valence-corrected chi connectivity index (χ4v) is 4.63. The van der Waals surface area contributed by atoms with Crippen molar-refractivity contribution >= 4 is 37.3 Å². The number of hydrogen-bond donors (Lipinski definition) is 1. The van der Waals surface area contributed by atoms with E-state index in [9.17, 15) is 8.42 Å². The molecule has 1 N–H and O–H groups in total. The maximum atomic E-state index is 11.9. The Balaban J connectivity index is 2.62. The van der Waals surface area contributed by atoms with E-state index < -0.39 is 10.0 Å². The van der Waals surface area contributed by atoms with E-state index in [2.05, 4.69) is 27.6 Å². The zero-order chi connectivity index (χ0) is 12.9. The van der Waals surface area contributed by atoms with Gasteiger partial charge in [0.25, 0.3) is 0 Å². The molecule has 1 rings (SSSR count). The lowest BCUT2D eigenvalue weighted by atomic mass is 10.2. The first-order valence-electron chi connectivity index (χ1n) is 5.72. The van der Waals surface area contributed by atoms with Crippen LogP contribution in [0.3, 0.4) is 0 Å². The highest BCUT2D eigenvalue weighted by Crippen LogP contribution is 2.21. The second kappa shape index (κ2) is 6.87. The number of alkyl halides is 1. The maximum Gasteiger partial charge on any atom is 0.250 e. The Bertz CT molecular complexity index is 442. The number of aryl methyl sites for hydroxylation is 1. The fourth-order valence-electron chi connectivity index (χ4n) is 1.38. The van der Waals surface area contributed by atoms with Crippen LogP contribution in [0.5, 0.6) is 0 Å². The third kappa shape index (κ3) is 4.69. The van der Waals surface area contributed by atoms with Gasteiger partial charge < -0.3 is 0 Å². The van der Waals surface area contributed by atoms with E-state index in [1.165, 1.54) is 11.3 Å². The molecule has 0 amide bonds. The monoisotopic (exact) mass is 339 g/mol. The van der Waals surface area contributed by atoms with Crippen molar-refractivity contribution in [3.63, 3.8) is 0 Å². The normalized spacial score (nSPS) is 13.8. The van der Waals surface area contributed by atoms with Crippen molar-refractivity contribution in [3.8, 4) is 0 Å². The Morgan fingerprint density at radius 2 is 2.12 bits per heavy atom. The lowest BCUT2D eigenvalue weighted by Crippen LogP contribution is -2.29. The quantitative estimate of drug-likeness (QED) is 0.775. The summed E-state index contributed by atoms with van der Waals surface area (Å²) in [6.07, 6.45) is 2.88. The lowest BCUT2D eigenvalue weighted by molar-refractivity contribution is 0.580. The van der Waals surface area contributed by atoms with Gasteiger partial charge in [0.2, 0.25) is 10.0 Å². The number of hydrogen-bond acceptors (Lipinski definition) is 3. The molecule has 0 bridgehead atoms. The van der Waals surface area contributed by atoms with Gasteiger partial charge >= 0.3 is 0 Å². The van der Waals surface area contributed by atoms with Crippen LogP contribution in [0, 0.1) is 0 Å². The Morgan fingerprint density at radius 3 is 2.65 bits per heavy atom. The summed E-state index contributed by atoms with van der Waals surface area (Å²) in [5.41, 5.74) is 0. The Labute approximate surface area is 116 Å². The van der Waals surface area contributed by atoms with Gasteiger partial charge in [-0.15, -0.1) is 11.3 Å². The van der Waals surface area contributed by atoms with Gasteiger partial charge in [-0.3, -0.25) is 0 Å². The molecule has 6 heteroatoms. The predicted molar refractivity (Wildman–Crippen MR) is 76.5 cm³/mol. The predicted octanol–water partition coefficient (Wildman–Crippen LogP) is 3.15. The summed E-state index contributed by atoms with van der Waals surface area (Å²) in [5, 5.41) is 0. The molecule has 1 atom stereocenters. The van der Waals surface area contributed by atoms with E-state index in [1.807, 2.05) is 13.0 Å². The third-order valence-corrected chi connectivity index (χ3v) is 6.27. The van der Waals surface area contributed by atoms with Gasteiger partial charge in [0.1, 0.15) is 4.21 Å². The number of halogens is 1. The molecule has 0 aliphatic rings. The molecule has 0 saturated heterocycles. The van der Waals surface area contributed by atoms with Crippen molar-refractivity contribution < 1.29 is 8.42 Å². The summed E-state index contributed by atoms with van der Waals surface area (Å²) in [7, 11) is -3.32. The van der Waals surface area contributed by atoms with Crippen LogP contribution >= 0.6 is 27.3 Å². The molecular formula is C11H18BrNO2S2. The largest absolute Gasteiger partial charge is 0.250 e. The van der Waals surface area contributed by atoms with Crippen LogP contribution in [0.1, 0.15) is 31.6 Å². The van der Waals surface area contributed by atoms with Crippen LogP contribution in [0.15, 0.2) is 16.3 Å². The Kier molecular flexibility index (Phi) is 6.12. The van der Waals surface area contributed by atoms with E-state index in [1.54, 1.807) is 6.07 Å².